The Balaban J connectivity index is 0.000000417. The number of halogens is 1. The third kappa shape index (κ3) is 9.19. The number of hydrogen-bond acceptors (Lipinski definition) is 10. The quantitative estimate of drug-likeness (QED) is 0.211. The summed E-state index contributed by atoms with van der Waals surface area (Å²) in [4.78, 5) is 69.1. The topological polar surface area (TPSA) is 163 Å². The largest absolute Gasteiger partial charge is 0.508 e. The first-order valence-electron chi connectivity index (χ1n) is 17.9. The number of fused-ring (bicyclic) bond motifs is 1. The summed E-state index contributed by atoms with van der Waals surface area (Å²) in [7, 11) is 0. The fraction of sp³-hybridized carbons (Fsp3) is 0.385. The van der Waals surface area contributed by atoms with E-state index in [4.69, 9.17) is 22.0 Å². The van der Waals surface area contributed by atoms with Crippen LogP contribution in [0.15, 0.2) is 65.6 Å². The van der Waals surface area contributed by atoms with Crippen LogP contribution in [0.2, 0.25) is 5.02 Å². The standard InChI is InChI=1S/C32H37N5O5S.C7H4ClNO/c38-28-13-12-27(30(40)34-28)37-31(41)25-11-10-24(20-26(25)32(37)42)43-19-18-35-14-16-36(17-15-35)23-8-6-21(7-9-23)29(39)33-22-4-2-1-3-5-22;8-7-3-6(10)2-1-5(7)4-9/h6-11,20,22,27H,1-5,12-19H2,(H,33,39)(H,34,38,40);1-3,10H. The van der Waals surface area contributed by atoms with E-state index in [0.29, 0.717) is 28.3 Å². The summed E-state index contributed by atoms with van der Waals surface area (Å²) in [6, 6.07) is 18.6. The lowest BCUT2D eigenvalue weighted by Crippen LogP contribution is -2.54. The summed E-state index contributed by atoms with van der Waals surface area (Å²) in [5, 5.41) is 22.9. The molecule has 3 aromatic carbocycles. The number of nitriles is 1. The maximum atomic E-state index is 13.1. The molecule has 1 saturated carbocycles. The number of rotatable bonds is 8. The van der Waals surface area contributed by atoms with Crippen molar-refractivity contribution in [2.45, 2.75) is 61.9 Å². The lowest BCUT2D eigenvalue weighted by Gasteiger charge is -2.36. The van der Waals surface area contributed by atoms with E-state index >= 15 is 0 Å². The van der Waals surface area contributed by atoms with Crippen molar-refractivity contribution in [2.75, 3.05) is 43.4 Å². The lowest BCUT2D eigenvalue weighted by molar-refractivity contribution is -0.136. The summed E-state index contributed by atoms with van der Waals surface area (Å²) < 4.78 is 0. The molecule has 12 nitrogen and oxygen atoms in total. The van der Waals surface area contributed by atoms with E-state index < -0.39 is 23.8 Å². The second kappa shape index (κ2) is 17.3. The molecule has 4 aliphatic rings. The highest BCUT2D eigenvalue weighted by Crippen LogP contribution is 2.31. The minimum absolute atomic E-state index is 0.0201. The molecule has 14 heteroatoms. The van der Waals surface area contributed by atoms with E-state index in [2.05, 4.69) is 20.4 Å². The van der Waals surface area contributed by atoms with Crippen LogP contribution in [0.4, 0.5) is 5.69 Å². The Morgan fingerprint density at radius 2 is 1.62 bits per heavy atom. The highest BCUT2D eigenvalue weighted by Gasteiger charge is 2.44. The molecule has 276 valence electrons. The van der Waals surface area contributed by atoms with E-state index in [1.165, 1.54) is 37.5 Å². The molecular weight excluding hydrogens is 716 g/mol. The van der Waals surface area contributed by atoms with E-state index in [0.717, 1.165) is 66.8 Å². The Labute approximate surface area is 317 Å². The molecular formula is C39H41ClN6O6S. The van der Waals surface area contributed by atoms with Gasteiger partial charge in [0, 0.05) is 67.1 Å². The average Bonchev–Trinajstić information content (AvgIpc) is 3.40. The van der Waals surface area contributed by atoms with Crippen molar-refractivity contribution >= 4 is 58.6 Å². The molecule has 5 amide bonds. The van der Waals surface area contributed by atoms with Crippen LogP contribution in [-0.2, 0) is 9.59 Å². The van der Waals surface area contributed by atoms with Crippen LogP contribution in [0.1, 0.15) is 81.6 Å². The van der Waals surface area contributed by atoms with E-state index in [9.17, 15) is 24.0 Å². The normalized spacial score (nSPS) is 19.2. The minimum Gasteiger partial charge on any atom is -0.508 e. The fourth-order valence-corrected chi connectivity index (χ4v) is 8.16. The SMILES string of the molecule is N#Cc1ccc(O)cc1Cl.O=C1CCC(N2C(=O)c3ccc(SCCN4CCN(c5ccc(C(=O)NC6CCCCC6)cc5)CC4)cc3C2=O)C(=O)N1. The van der Waals surface area contributed by atoms with Crippen molar-refractivity contribution in [3.05, 3.63) is 87.9 Å². The summed E-state index contributed by atoms with van der Waals surface area (Å²) in [5.74, 6) is -1.03. The third-order valence-electron chi connectivity index (χ3n) is 9.97. The minimum atomic E-state index is -0.955. The molecule has 3 heterocycles. The molecule has 1 unspecified atom stereocenters. The van der Waals surface area contributed by atoms with Gasteiger partial charge >= 0.3 is 0 Å². The zero-order chi connectivity index (χ0) is 37.5. The van der Waals surface area contributed by atoms with Gasteiger partial charge in [-0.3, -0.25) is 39.1 Å². The summed E-state index contributed by atoms with van der Waals surface area (Å²) in [6.45, 7) is 4.57. The first-order chi connectivity index (χ1) is 25.6. The molecule has 53 heavy (non-hydrogen) atoms. The summed E-state index contributed by atoms with van der Waals surface area (Å²) >= 11 is 7.18. The van der Waals surface area contributed by atoms with Crippen molar-refractivity contribution in [2.24, 2.45) is 0 Å². The Morgan fingerprint density at radius 1 is 0.906 bits per heavy atom. The number of imide groups is 2. The van der Waals surface area contributed by atoms with Crippen LogP contribution in [-0.4, -0.2) is 95.0 Å². The average molecular weight is 757 g/mol. The molecule has 3 aliphatic heterocycles. The third-order valence-corrected chi connectivity index (χ3v) is 11.3. The number of nitrogens with one attached hydrogen (secondary N) is 2. The molecule has 7 rings (SSSR count). The van der Waals surface area contributed by atoms with Crippen LogP contribution < -0.4 is 15.5 Å². The Hall–Kier alpha value is -4.90. The van der Waals surface area contributed by atoms with E-state index in [1.54, 1.807) is 23.9 Å². The number of thioether (sulfide) groups is 1. The number of nitrogens with zero attached hydrogens (tertiary/aromatic N) is 4. The Bertz CT molecular complexity index is 1920. The predicted molar refractivity (Wildman–Crippen MR) is 201 cm³/mol. The maximum Gasteiger partial charge on any atom is 0.262 e. The molecule has 1 atom stereocenters. The van der Waals surface area contributed by atoms with Crippen molar-refractivity contribution < 1.29 is 29.1 Å². The van der Waals surface area contributed by atoms with E-state index in [-0.39, 0.29) is 35.4 Å². The molecule has 0 aromatic heterocycles. The second-order valence-corrected chi connectivity index (χ2v) is 15.0. The van der Waals surface area contributed by atoms with Gasteiger partial charge in [-0.2, -0.15) is 5.26 Å². The van der Waals surface area contributed by atoms with E-state index in [1.807, 2.05) is 36.4 Å². The molecule has 1 aliphatic carbocycles. The van der Waals surface area contributed by atoms with Gasteiger partial charge in [0.25, 0.3) is 17.7 Å². The number of phenols is 1. The fourth-order valence-electron chi connectivity index (χ4n) is 7.00. The van der Waals surface area contributed by atoms with Gasteiger partial charge in [0.15, 0.2) is 0 Å². The van der Waals surface area contributed by atoms with Gasteiger partial charge in [-0.05, 0) is 79.9 Å². The lowest BCUT2D eigenvalue weighted by atomic mass is 9.95. The van der Waals surface area contributed by atoms with Gasteiger partial charge in [0.1, 0.15) is 17.9 Å². The zero-order valence-corrected chi connectivity index (χ0v) is 30.8. The van der Waals surface area contributed by atoms with Crippen molar-refractivity contribution in [1.82, 2.24) is 20.4 Å². The number of carbonyl (C=O) groups is 5. The first kappa shape index (κ1) is 37.8. The first-order valence-corrected chi connectivity index (χ1v) is 19.2. The van der Waals surface area contributed by atoms with Crippen molar-refractivity contribution in [1.29, 1.82) is 5.26 Å². The van der Waals surface area contributed by atoms with Gasteiger partial charge in [-0.1, -0.05) is 30.9 Å². The maximum absolute atomic E-state index is 13.1. The van der Waals surface area contributed by atoms with Crippen molar-refractivity contribution in [3.63, 3.8) is 0 Å². The zero-order valence-electron chi connectivity index (χ0n) is 29.2. The highest BCUT2D eigenvalue weighted by atomic mass is 35.5. The van der Waals surface area contributed by atoms with Gasteiger partial charge < -0.3 is 15.3 Å². The van der Waals surface area contributed by atoms with Crippen LogP contribution in [0.25, 0.3) is 0 Å². The van der Waals surface area contributed by atoms with Gasteiger partial charge in [0.2, 0.25) is 11.8 Å². The van der Waals surface area contributed by atoms with Gasteiger partial charge in [-0.15, -0.1) is 11.8 Å². The number of amides is 5. The summed E-state index contributed by atoms with van der Waals surface area (Å²) in [5.41, 5.74) is 2.83. The number of phenolic OH excluding ortho intramolecular Hbond substituents is 1. The van der Waals surface area contributed by atoms with Crippen LogP contribution >= 0.6 is 23.4 Å². The number of benzene rings is 3. The number of piperidine rings is 1. The Kier molecular flexibility index (Phi) is 12.3. The van der Waals surface area contributed by atoms with Crippen LogP contribution in [0, 0.1) is 11.3 Å². The Morgan fingerprint density at radius 3 is 2.30 bits per heavy atom. The van der Waals surface area contributed by atoms with Crippen LogP contribution in [0.5, 0.6) is 5.75 Å². The second-order valence-electron chi connectivity index (χ2n) is 13.5. The van der Waals surface area contributed by atoms with Gasteiger partial charge in [0.05, 0.1) is 21.7 Å². The number of carbonyl (C=O) groups excluding carboxylic acids is 5. The smallest absolute Gasteiger partial charge is 0.262 e. The molecule has 0 radical (unpaired) electrons. The van der Waals surface area contributed by atoms with Crippen molar-refractivity contribution in [3.8, 4) is 11.8 Å². The number of anilines is 1. The molecule has 3 fully saturated rings. The van der Waals surface area contributed by atoms with Crippen LogP contribution in [0.3, 0.4) is 0 Å². The summed E-state index contributed by atoms with van der Waals surface area (Å²) in [6.07, 6.45) is 6.05. The molecule has 3 aromatic rings. The molecule has 0 bridgehead atoms. The molecule has 2 saturated heterocycles. The van der Waals surface area contributed by atoms with Gasteiger partial charge in [-0.25, -0.2) is 0 Å². The number of hydrogen-bond donors (Lipinski definition) is 3. The predicted octanol–water partition coefficient (Wildman–Crippen LogP) is 4.98. The molecule has 0 spiro atoms. The highest BCUT2D eigenvalue weighted by molar-refractivity contribution is 7.99. The number of aromatic hydroxyl groups is 1. The number of piperazine rings is 1. The monoisotopic (exact) mass is 756 g/mol. The molecule has 3 N–H and O–H groups in total.